The maximum Gasteiger partial charge on any atom is 0.133 e. The molecule has 0 heterocycles. The summed E-state index contributed by atoms with van der Waals surface area (Å²) in [5, 5.41) is 10.4. The van der Waals surface area contributed by atoms with Crippen molar-refractivity contribution in [3.8, 4) is 5.40 Å². The molecule has 13 heavy (non-hydrogen) atoms. The third-order valence-corrected chi connectivity index (χ3v) is 2.53. The molecule has 1 aromatic rings. The number of aryl methyl sites for hydroxylation is 2. The minimum Gasteiger partial charge on any atom is -0.185 e. The molecule has 0 atom stereocenters. The first-order valence-electron chi connectivity index (χ1n) is 4.45. The van der Waals surface area contributed by atoms with Gasteiger partial charge in [0, 0.05) is 5.75 Å². The fourth-order valence-electron chi connectivity index (χ4n) is 1.16. The number of hydrogen-bond acceptors (Lipinski definition) is 2. The Hall–Kier alpha value is -0.940. The Bertz CT molecular complexity index is 284. The van der Waals surface area contributed by atoms with E-state index in [1.807, 2.05) is 0 Å². The Balaban J connectivity index is 2.45. The second-order valence-corrected chi connectivity index (χ2v) is 3.74. The maximum atomic E-state index is 8.34. The van der Waals surface area contributed by atoms with Crippen molar-refractivity contribution in [1.29, 1.82) is 5.26 Å². The van der Waals surface area contributed by atoms with Crippen LogP contribution in [0.4, 0.5) is 0 Å². The normalized spacial score (nSPS) is 9.54. The van der Waals surface area contributed by atoms with Gasteiger partial charge < -0.3 is 0 Å². The van der Waals surface area contributed by atoms with E-state index in [0.29, 0.717) is 0 Å². The molecule has 0 aliphatic rings. The predicted molar refractivity (Wildman–Crippen MR) is 57.6 cm³/mol. The van der Waals surface area contributed by atoms with Gasteiger partial charge in [0.1, 0.15) is 5.40 Å². The van der Waals surface area contributed by atoms with E-state index >= 15 is 0 Å². The number of nitriles is 1. The van der Waals surface area contributed by atoms with E-state index in [2.05, 4.69) is 36.6 Å². The van der Waals surface area contributed by atoms with Gasteiger partial charge in [-0.15, -0.1) is 0 Å². The average Bonchev–Trinajstić information content (AvgIpc) is 2.19. The third-order valence-electron chi connectivity index (χ3n) is 1.99. The summed E-state index contributed by atoms with van der Waals surface area (Å²) in [6.07, 6.45) is 2.08. The quantitative estimate of drug-likeness (QED) is 0.539. The fourth-order valence-corrected chi connectivity index (χ4v) is 1.59. The SMILES string of the molecule is CCc1ccc(CCSC#N)cc1. The Morgan fingerprint density at radius 1 is 1.23 bits per heavy atom. The highest BCUT2D eigenvalue weighted by Crippen LogP contribution is 2.08. The van der Waals surface area contributed by atoms with Crippen molar-refractivity contribution in [2.75, 3.05) is 5.75 Å². The van der Waals surface area contributed by atoms with Crippen LogP contribution in [0.2, 0.25) is 0 Å². The maximum absolute atomic E-state index is 8.34. The van der Waals surface area contributed by atoms with E-state index in [-0.39, 0.29) is 0 Å². The van der Waals surface area contributed by atoms with Gasteiger partial charge in [0.25, 0.3) is 0 Å². The zero-order chi connectivity index (χ0) is 9.52. The molecule has 0 fully saturated rings. The minimum absolute atomic E-state index is 0.891. The Morgan fingerprint density at radius 3 is 2.38 bits per heavy atom. The lowest BCUT2D eigenvalue weighted by atomic mass is 10.1. The minimum atomic E-state index is 0.891. The van der Waals surface area contributed by atoms with E-state index in [1.165, 1.54) is 22.9 Å². The van der Waals surface area contributed by atoms with Gasteiger partial charge >= 0.3 is 0 Å². The van der Waals surface area contributed by atoms with Crippen molar-refractivity contribution < 1.29 is 0 Å². The van der Waals surface area contributed by atoms with Crippen LogP contribution in [0.25, 0.3) is 0 Å². The largest absolute Gasteiger partial charge is 0.185 e. The highest BCUT2D eigenvalue weighted by atomic mass is 32.2. The number of thioether (sulfide) groups is 1. The van der Waals surface area contributed by atoms with Crippen LogP contribution in [0.1, 0.15) is 18.1 Å². The first-order valence-corrected chi connectivity index (χ1v) is 5.44. The summed E-state index contributed by atoms with van der Waals surface area (Å²) >= 11 is 1.32. The van der Waals surface area contributed by atoms with Crippen LogP contribution < -0.4 is 0 Å². The van der Waals surface area contributed by atoms with Crippen molar-refractivity contribution in [2.45, 2.75) is 19.8 Å². The van der Waals surface area contributed by atoms with Crippen LogP contribution in [-0.2, 0) is 12.8 Å². The first kappa shape index (κ1) is 10.1. The Morgan fingerprint density at radius 2 is 1.85 bits per heavy atom. The summed E-state index contributed by atoms with van der Waals surface area (Å²) in [6.45, 7) is 2.15. The molecule has 2 heteroatoms. The molecule has 0 spiro atoms. The summed E-state index contributed by atoms with van der Waals surface area (Å²) in [5.41, 5.74) is 2.69. The highest BCUT2D eigenvalue weighted by Gasteiger charge is 1.93. The average molecular weight is 191 g/mol. The van der Waals surface area contributed by atoms with Crippen LogP contribution in [0, 0.1) is 10.7 Å². The van der Waals surface area contributed by atoms with E-state index in [4.69, 9.17) is 5.26 Å². The number of nitrogens with zero attached hydrogens (tertiary/aromatic N) is 1. The molecule has 1 rings (SSSR count). The molecule has 1 nitrogen and oxygen atoms in total. The molecule has 0 saturated heterocycles. The van der Waals surface area contributed by atoms with Crippen LogP contribution in [0.5, 0.6) is 0 Å². The zero-order valence-electron chi connectivity index (χ0n) is 7.79. The van der Waals surface area contributed by atoms with Crippen molar-refractivity contribution in [1.82, 2.24) is 0 Å². The molecule has 0 aromatic heterocycles. The van der Waals surface area contributed by atoms with Gasteiger partial charge in [-0.2, -0.15) is 5.26 Å². The smallest absolute Gasteiger partial charge is 0.133 e. The number of hydrogen-bond donors (Lipinski definition) is 0. The standard InChI is InChI=1S/C11H13NS/c1-2-10-3-5-11(6-4-10)7-8-13-9-12/h3-6H,2,7-8H2,1H3. The topological polar surface area (TPSA) is 23.8 Å². The van der Waals surface area contributed by atoms with Gasteiger partial charge in [-0.05, 0) is 35.7 Å². The van der Waals surface area contributed by atoms with E-state index < -0.39 is 0 Å². The molecule has 0 aliphatic carbocycles. The summed E-state index contributed by atoms with van der Waals surface area (Å²) in [6, 6.07) is 8.62. The number of benzene rings is 1. The molecule has 0 bridgehead atoms. The Labute approximate surface area is 83.8 Å². The summed E-state index contributed by atoms with van der Waals surface area (Å²) in [4.78, 5) is 0. The third kappa shape index (κ3) is 3.52. The summed E-state index contributed by atoms with van der Waals surface area (Å²) < 4.78 is 0. The Kier molecular flexibility index (Phi) is 4.42. The summed E-state index contributed by atoms with van der Waals surface area (Å²) in [5.74, 6) is 0.891. The molecule has 0 N–H and O–H groups in total. The highest BCUT2D eigenvalue weighted by molar-refractivity contribution is 8.03. The van der Waals surface area contributed by atoms with E-state index in [0.717, 1.165) is 18.6 Å². The second-order valence-electron chi connectivity index (χ2n) is 2.86. The van der Waals surface area contributed by atoms with Crippen molar-refractivity contribution in [3.63, 3.8) is 0 Å². The van der Waals surface area contributed by atoms with Gasteiger partial charge in [0.15, 0.2) is 0 Å². The van der Waals surface area contributed by atoms with Crippen LogP contribution in [0.3, 0.4) is 0 Å². The molecule has 68 valence electrons. The molecule has 0 saturated carbocycles. The molecule has 1 aromatic carbocycles. The van der Waals surface area contributed by atoms with Crippen LogP contribution in [-0.4, -0.2) is 5.75 Å². The first-order chi connectivity index (χ1) is 6.36. The van der Waals surface area contributed by atoms with Crippen LogP contribution in [0.15, 0.2) is 24.3 Å². The molecule has 0 radical (unpaired) electrons. The van der Waals surface area contributed by atoms with Gasteiger partial charge in [0.2, 0.25) is 0 Å². The lowest BCUT2D eigenvalue weighted by molar-refractivity contribution is 1.11. The fraction of sp³-hybridized carbons (Fsp3) is 0.364. The molecule has 0 aliphatic heterocycles. The predicted octanol–water partition coefficient (Wildman–Crippen LogP) is 3.01. The molecule has 0 amide bonds. The van der Waals surface area contributed by atoms with Gasteiger partial charge in [-0.25, -0.2) is 0 Å². The zero-order valence-corrected chi connectivity index (χ0v) is 8.60. The lowest BCUT2D eigenvalue weighted by Gasteiger charge is -2.00. The van der Waals surface area contributed by atoms with Crippen molar-refractivity contribution in [2.24, 2.45) is 0 Å². The van der Waals surface area contributed by atoms with Crippen molar-refractivity contribution >= 4 is 11.8 Å². The monoisotopic (exact) mass is 191 g/mol. The molecule has 0 unspecified atom stereocenters. The van der Waals surface area contributed by atoms with Gasteiger partial charge in [-0.1, -0.05) is 31.2 Å². The van der Waals surface area contributed by atoms with E-state index in [9.17, 15) is 0 Å². The second kappa shape index (κ2) is 5.66. The lowest BCUT2D eigenvalue weighted by Crippen LogP contribution is -1.88. The number of thiocyanates is 1. The van der Waals surface area contributed by atoms with Crippen LogP contribution >= 0.6 is 11.8 Å². The molecular formula is C11H13NS. The van der Waals surface area contributed by atoms with Crippen molar-refractivity contribution in [3.05, 3.63) is 35.4 Å². The molecular weight excluding hydrogens is 178 g/mol. The van der Waals surface area contributed by atoms with Gasteiger partial charge in [0.05, 0.1) is 0 Å². The van der Waals surface area contributed by atoms with E-state index in [1.54, 1.807) is 0 Å². The summed E-state index contributed by atoms with van der Waals surface area (Å²) in [7, 11) is 0. The number of rotatable bonds is 4. The van der Waals surface area contributed by atoms with Gasteiger partial charge in [-0.3, -0.25) is 0 Å².